The summed E-state index contributed by atoms with van der Waals surface area (Å²) >= 11 is 4.97. The predicted molar refractivity (Wildman–Crippen MR) is 69.3 cm³/mol. The second-order valence-electron chi connectivity index (χ2n) is 4.35. The van der Waals surface area contributed by atoms with Gasteiger partial charge in [-0.25, -0.2) is 0 Å². The molecule has 0 bridgehead atoms. The van der Waals surface area contributed by atoms with E-state index >= 15 is 0 Å². The SMILES string of the molecule is NC(=S)CC(OCC1CC1)c1ccccc1. The lowest BCUT2D eigenvalue weighted by atomic mass is 10.1. The molecule has 2 nitrogen and oxygen atoms in total. The smallest absolute Gasteiger partial charge is 0.0887 e. The van der Waals surface area contributed by atoms with Crippen LogP contribution in [-0.2, 0) is 4.74 Å². The molecule has 1 aliphatic rings. The van der Waals surface area contributed by atoms with Gasteiger partial charge in [0.15, 0.2) is 0 Å². The van der Waals surface area contributed by atoms with E-state index in [-0.39, 0.29) is 6.10 Å². The van der Waals surface area contributed by atoms with Crippen LogP contribution in [0.1, 0.15) is 30.9 Å². The Balaban J connectivity index is 1.97. The maximum atomic E-state index is 5.90. The van der Waals surface area contributed by atoms with Crippen LogP contribution in [0.15, 0.2) is 30.3 Å². The largest absolute Gasteiger partial charge is 0.393 e. The monoisotopic (exact) mass is 235 g/mol. The lowest BCUT2D eigenvalue weighted by molar-refractivity contribution is 0.0502. The Bertz CT molecular complexity index is 348. The molecule has 0 aliphatic heterocycles. The van der Waals surface area contributed by atoms with Crippen LogP contribution in [0.4, 0.5) is 0 Å². The number of benzene rings is 1. The van der Waals surface area contributed by atoms with Gasteiger partial charge in [0.25, 0.3) is 0 Å². The van der Waals surface area contributed by atoms with Crippen molar-refractivity contribution in [2.75, 3.05) is 6.61 Å². The van der Waals surface area contributed by atoms with E-state index < -0.39 is 0 Å². The molecule has 1 aromatic rings. The van der Waals surface area contributed by atoms with Gasteiger partial charge in [0.2, 0.25) is 0 Å². The Hall–Kier alpha value is -0.930. The first kappa shape index (κ1) is 11.6. The molecule has 3 heteroatoms. The molecule has 0 heterocycles. The van der Waals surface area contributed by atoms with Crippen molar-refractivity contribution in [2.45, 2.75) is 25.4 Å². The topological polar surface area (TPSA) is 35.2 Å². The molecule has 1 atom stereocenters. The second-order valence-corrected chi connectivity index (χ2v) is 4.87. The van der Waals surface area contributed by atoms with Gasteiger partial charge < -0.3 is 10.5 Å². The Morgan fingerprint density at radius 3 is 2.62 bits per heavy atom. The molecule has 86 valence electrons. The summed E-state index contributed by atoms with van der Waals surface area (Å²) in [5, 5.41) is 0. The van der Waals surface area contributed by atoms with Crippen molar-refractivity contribution in [3.05, 3.63) is 35.9 Å². The molecule has 1 saturated carbocycles. The number of hydrogen-bond donors (Lipinski definition) is 1. The van der Waals surface area contributed by atoms with Gasteiger partial charge in [-0.2, -0.15) is 0 Å². The van der Waals surface area contributed by atoms with E-state index in [9.17, 15) is 0 Å². The molecule has 1 fully saturated rings. The Kier molecular flexibility index (Phi) is 3.91. The molecule has 1 aliphatic carbocycles. The molecule has 0 amide bonds. The third-order valence-corrected chi connectivity index (χ3v) is 2.95. The van der Waals surface area contributed by atoms with Crippen LogP contribution in [0.25, 0.3) is 0 Å². The van der Waals surface area contributed by atoms with Gasteiger partial charge in [0.05, 0.1) is 17.7 Å². The molecule has 0 saturated heterocycles. The average molecular weight is 235 g/mol. The highest BCUT2D eigenvalue weighted by Gasteiger charge is 2.23. The number of ether oxygens (including phenoxy) is 1. The van der Waals surface area contributed by atoms with Gasteiger partial charge in [-0.05, 0) is 24.3 Å². The van der Waals surface area contributed by atoms with Crippen LogP contribution in [0.5, 0.6) is 0 Å². The summed E-state index contributed by atoms with van der Waals surface area (Å²) in [6.07, 6.45) is 3.26. The van der Waals surface area contributed by atoms with Crippen molar-refractivity contribution in [1.82, 2.24) is 0 Å². The number of nitrogens with two attached hydrogens (primary N) is 1. The highest BCUT2D eigenvalue weighted by Crippen LogP contribution is 2.31. The number of thiocarbonyl (C=S) groups is 1. The van der Waals surface area contributed by atoms with E-state index in [0.717, 1.165) is 18.1 Å². The molecule has 0 spiro atoms. The molecule has 1 unspecified atom stereocenters. The molecule has 16 heavy (non-hydrogen) atoms. The molecule has 0 aromatic heterocycles. The molecule has 0 radical (unpaired) electrons. The van der Waals surface area contributed by atoms with Gasteiger partial charge in [-0.1, -0.05) is 42.5 Å². The maximum Gasteiger partial charge on any atom is 0.0887 e. The minimum atomic E-state index is 0.0271. The zero-order chi connectivity index (χ0) is 11.4. The zero-order valence-corrected chi connectivity index (χ0v) is 10.1. The molecular formula is C13H17NOS. The van der Waals surface area contributed by atoms with Gasteiger partial charge in [0.1, 0.15) is 0 Å². The van der Waals surface area contributed by atoms with Gasteiger partial charge in [-0.15, -0.1) is 0 Å². The van der Waals surface area contributed by atoms with Crippen molar-refractivity contribution in [1.29, 1.82) is 0 Å². The lowest BCUT2D eigenvalue weighted by Gasteiger charge is -2.17. The third-order valence-electron chi connectivity index (χ3n) is 2.79. The fraction of sp³-hybridized carbons (Fsp3) is 0.462. The minimum absolute atomic E-state index is 0.0271. The fourth-order valence-corrected chi connectivity index (χ4v) is 1.81. The standard InChI is InChI=1S/C13H17NOS/c14-13(16)8-12(15-9-10-6-7-10)11-4-2-1-3-5-11/h1-5,10,12H,6-9H2,(H2,14,16). The summed E-state index contributed by atoms with van der Waals surface area (Å²) in [6, 6.07) is 10.2. The van der Waals surface area contributed by atoms with Crippen LogP contribution >= 0.6 is 12.2 Å². The van der Waals surface area contributed by atoms with E-state index in [1.165, 1.54) is 12.8 Å². The highest BCUT2D eigenvalue weighted by atomic mass is 32.1. The highest BCUT2D eigenvalue weighted by molar-refractivity contribution is 7.80. The first-order valence-electron chi connectivity index (χ1n) is 5.70. The summed E-state index contributed by atoms with van der Waals surface area (Å²) in [4.78, 5) is 0.518. The molecular weight excluding hydrogens is 218 g/mol. The van der Waals surface area contributed by atoms with Crippen LogP contribution in [-0.4, -0.2) is 11.6 Å². The second kappa shape index (κ2) is 5.41. The van der Waals surface area contributed by atoms with E-state index in [4.69, 9.17) is 22.7 Å². The predicted octanol–water partition coefficient (Wildman–Crippen LogP) is 2.83. The Labute approximate surface area is 102 Å². The van der Waals surface area contributed by atoms with E-state index in [1.807, 2.05) is 18.2 Å². The van der Waals surface area contributed by atoms with Crippen molar-refractivity contribution >= 4 is 17.2 Å². The van der Waals surface area contributed by atoms with Crippen LogP contribution in [0.2, 0.25) is 0 Å². The fourth-order valence-electron chi connectivity index (χ4n) is 1.66. The van der Waals surface area contributed by atoms with E-state index in [1.54, 1.807) is 0 Å². The van der Waals surface area contributed by atoms with Crippen LogP contribution in [0, 0.1) is 5.92 Å². The summed E-state index contributed by atoms with van der Waals surface area (Å²) < 4.78 is 5.90. The van der Waals surface area contributed by atoms with Crippen LogP contribution in [0.3, 0.4) is 0 Å². The van der Waals surface area contributed by atoms with Gasteiger partial charge in [0, 0.05) is 6.42 Å². The Morgan fingerprint density at radius 1 is 1.38 bits per heavy atom. The van der Waals surface area contributed by atoms with Crippen molar-refractivity contribution < 1.29 is 4.74 Å². The summed E-state index contributed by atoms with van der Waals surface area (Å²) in [5.74, 6) is 0.762. The average Bonchev–Trinajstić information content (AvgIpc) is 3.09. The summed E-state index contributed by atoms with van der Waals surface area (Å²) in [5.41, 5.74) is 6.77. The van der Waals surface area contributed by atoms with E-state index in [2.05, 4.69) is 12.1 Å². The first-order chi connectivity index (χ1) is 7.75. The lowest BCUT2D eigenvalue weighted by Crippen LogP contribution is -2.16. The zero-order valence-electron chi connectivity index (χ0n) is 9.26. The quantitative estimate of drug-likeness (QED) is 0.770. The van der Waals surface area contributed by atoms with Gasteiger partial charge >= 0.3 is 0 Å². The molecule has 2 N–H and O–H groups in total. The minimum Gasteiger partial charge on any atom is -0.393 e. The van der Waals surface area contributed by atoms with Crippen molar-refractivity contribution in [3.63, 3.8) is 0 Å². The normalized spacial score (nSPS) is 17.0. The van der Waals surface area contributed by atoms with Gasteiger partial charge in [-0.3, -0.25) is 0 Å². The number of rotatable bonds is 6. The summed E-state index contributed by atoms with van der Waals surface area (Å²) in [7, 11) is 0. The van der Waals surface area contributed by atoms with Crippen molar-refractivity contribution in [2.24, 2.45) is 11.7 Å². The molecule has 2 rings (SSSR count). The maximum absolute atomic E-state index is 5.90. The van der Waals surface area contributed by atoms with Crippen LogP contribution < -0.4 is 5.73 Å². The Morgan fingerprint density at radius 2 is 2.06 bits per heavy atom. The van der Waals surface area contributed by atoms with Crippen molar-refractivity contribution in [3.8, 4) is 0 Å². The van der Waals surface area contributed by atoms with E-state index in [0.29, 0.717) is 11.4 Å². The summed E-state index contributed by atoms with van der Waals surface area (Å²) in [6.45, 7) is 0.835. The third kappa shape index (κ3) is 3.58. The molecule has 1 aromatic carbocycles. The number of hydrogen-bond acceptors (Lipinski definition) is 2. The first-order valence-corrected chi connectivity index (χ1v) is 6.11.